The number of alkyl halides is 1. The van der Waals surface area contributed by atoms with Crippen LogP contribution in [0.25, 0.3) is 0 Å². The van der Waals surface area contributed by atoms with E-state index in [0.29, 0.717) is 11.3 Å². The van der Waals surface area contributed by atoms with Crippen molar-refractivity contribution in [2.24, 2.45) is 10.2 Å². The Hall–Kier alpha value is -1.25. The van der Waals surface area contributed by atoms with Gasteiger partial charge in [-0.2, -0.15) is 10.2 Å². The molecule has 0 heterocycles. The average Bonchev–Trinajstić information content (AvgIpc) is 2.11. The highest BCUT2D eigenvalue weighted by atomic mass is 19.1. The molecule has 12 heavy (non-hydrogen) atoms. The molecule has 0 saturated heterocycles. The number of rotatable bonds is 4. The van der Waals surface area contributed by atoms with Crippen molar-refractivity contribution in [1.82, 2.24) is 0 Å². The second-order valence-electron chi connectivity index (χ2n) is 2.04. The Morgan fingerprint density at radius 3 is 2.58 bits per heavy atom. The van der Waals surface area contributed by atoms with E-state index in [9.17, 15) is 4.39 Å². The first-order valence-corrected chi connectivity index (χ1v) is 3.64. The Morgan fingerprint density at radius 1 is 1.58 bits per heavy atom. The number of azo groups is 1. The van der Waals surface area contributed by atoms with Gasteiger partial charge in [-0.05, 0) is 6.92 Å². The largest absolute Gasteiger partial charge is 0.246 e. The van der Waals surface area contributed by atoms with Crippen LogP contribution in [-0.2, 0) is 0 Å². The predicted molar refractivity (Wildman–Crippen MR) is 48.8 cm³/mol. The molecular formula is C9H13FN2. The summed E-state index contributed by atoms with van der Waals surface area (Å²) in [4.78, 5) is 0. The van der Waals surface area contributed by atoms with E-state index in [1.165, 1.54) is 6.08 Å². The van der Waals surface area contributed by atoms with Crippen molar-refractivity contribution >= 4 is 0 Å². The molecule has 0 aromatic rings. The maximum absolute atomic E-state index is 12.3. The molecule has 0 aliphatic carbocycles. The fourth-order valence-corrected chi connectivity index (χ4v) is 0.756. The van der Waals surface area contributed by atoms with E-state index in [1.54, 1.807) is 26.1 Å². The van der Waals surface area contributed by atoms with Gasteiger partial charge in [0.15, 0.2) is 0 Å². The molecule has 0 spiro atoms. The molecule has 0 radical (unpaired) electrons. The fraction of sp³-hybridized carbons (Fsp3) is 0.333. The summed E-state index contributed by atoms with van der Waals surface area (Å²) in [6, 6.07) is 0. The van der Waals surface area contributed by atoms with Gasteiger partial charge in [-0.25, -0.2) is 4.39 Å². The van der Waals surface area contributed by atoms with E-state index in [4.69, 9.17) is 0 Å². The van der Waals surface area contributed by atoms with Crippen LogP contribution >= 0.6 is 0 Å². The highest BCUT2D eigenvalue weighted by Crippen LogP contribution is 2.12. The molecule has 0 aliphatic heterocycles. The lowest BCUT2D eigenvalue weighted by Gasteiger charge is -1.99. The number of nitrogens with zero attached hydrogens (tertiary/aromatic N) is 2. The summed E-state index contributed by atoms with van der Waals surface area (Å²) < 4.78 is 12.3. The summed E-state index contributed by atoms with van der Waals surface area (Å²) in [6.07, 6.45) is 4.83. The second kappa shape index (κ2) is 6.46. The molecule has 0 aromatic carbocycles. The van der Waals surface area contributed by atoms with Gasteiger partial charge in [0.25, 0.3) is 0 Å². The van der Waals surface area contributed by atoms with Crippen molar-refractivity contribution < 1.29 is 4.39 Å². The van der Waals surface area contributed by atoms with Crippen LogP contribution in [0.2, 0.25) is 0 Å². The summed E-state index contributed by atoms with van der Waals surface area (Å²) in [7, 11) is 1.55. The number of hydrogen-bond donors (Lipinski definition) is 0. The Labute approximate surface area is 72.2 Å². The molecule has 0 rings (SSSR count). The lowest BCUT2D eigenvalue weighted by Crippen LogP contribution is -1.88. The monoisotopic (exact) mass is 168 g/mol. The molecule has 0 fully saturated rings. The Morgan fingerprint density at radius 2 is 2.25 bits per heavy atom. The van der Waals surface area contributed by atoms with Crippen LogP contribution in [0.3, 0.4) is 0 Å². The minimum atomic E-state index is -0.551. The van der Waals surface area contributed by atoms with Gasteiger partial charge in [0.2, 0.25) is 0 Å². The van der Waals surface area contributed by atoms with E-state index >= 15 is 0 Å². The average molecular weight is 168 g/mol. The van der Waals surface area contributed by atoms with Gasteiger partial charge in [0.05, 0.1) is 5.70 Å². The van der Waals surface area contributed by atoms with Gasteiger partial charge >= 0.3 is 0 Å². The van der Waals surface area contributed by atoms with E-state index in [-0.39, 0.29) is 0 Å². The Bertz CT molecular complexity index is 227. The Kier molecular flexibility index (Phi) is 5.79. The minimum Gasteiger partial charge on any atom is -0.246 e. The summed E-state index contributed by atoms with van der Waals surface area (Å²) in [5.74, 6) is 0. The first-order valence-electron chi connectivity index (χ1n) is 3.64. The second-order valence-corrected chi connectivity index (χ2v) is 2.04. The highest BCUT2D eigenvalue weighted by Gasteiger charge is 2.00. The molecule has 0 saturated carbocycles. The van der Waals surface area contributed by atoms with Crippen molar-refractivity contribution in [3.63, 3.8) is 0 Å². The number of hydrogen-bond acceptors (Lipinski definition) is 2. The van der Waals surface area contributed by atoms with Crippen LogP contribution in [0.4, 0.5) is 4.39 Å². The van der Waals surface area contributed by atoms with Crippen LogP contribution in [0, 0.1) is 0 Å². The third-order valence-electron chi connectivity index (χ3n) is 1.27. The van der Waals surface area contributed by atoms with E-state index in [2.05, 4.69) is 16.8 Å². The summed E-state index contributed by atoms with van der Waals surface area (Å²) in [5.41, 5.74) is 1.05. The zero-order valence-electron chi connectivity index (χ0n) is 7.42. The smallest absolute Gasteiger partial charge is 0.117 e. The molecule has 0 atom stereocenters. The van der Waals surface area contributed by atoms with Crippen molar-refractivity contribution in [3.05, 3.63) is 36.1 Å². The quantitative estimate of drug-likeness (QED) is 0.455. The van der Waals surface area contributed by atoms with Gasteiger partial charge < -0.3 is 0 Å². The lowest BCUT2D eigenvalue weighted by molar-refractivity contribution is 0.545. The molecule has 0 unspecified atom stereocenters. The van der Waals surface area contributed by atoms with Gasteiger partial charge in [-0.15, -0.1) is 0 Å². The molecule has 66 valence electrons. The Balaban J connectivity index is 4.69. The zero-order valence-corrected chi connectivity index (χ0v) is 7.42. The fourth-order valence-electron chi connectivity index (χ4n) is 0.756. The van der Waals surface area contributed by atoms with Crippen molar-refractivity contribution in [2.75, 3.05) is 13.7 Å². The zero-order chi connectivity index (χ0) is 9.40. The van der Waals surface area contributed by atoms with E-state index in [0.717, 1.165) is 0 Å². The van der Waals surface area contributed by atoms with Gasteiger partial charge in [0, 0.05) is 12.6 Å². The molecule has 0 bridgehead atoms. The van der Waals surface area contributed by atoms with Crippen molar-refractivity contribution in [2.45, 2.75) is 6.92 Å². The van der Waals surface area contributed by atoms with Gasteiger partial charge in [-0.3, -0.25) is 0 Å². The minimum absolute atomic E-state index is 0.498. The highest BCUT2D eigenvalue weighted by molar-refractivity contribution is 5.32. The molecule has 0 N–H and O–H groups in total. The summed E-state index contributed by atoms with van der Waals surface area (Å²) >= 11 is 0. The standard InChI is InChI=1S/C9H13FN2/c1-4-6-8(7-10)9(5-2)12-11-3/h4-6H,1,7H2,2-3H3/b8-6-,9-5+,12-11?. The molecule has 0 amide bonds. The topological polar surface area (TPSA) is 24.7 Å². The predicted octanol–water partition coefficient (Wildman–Crippen LogP) is 3.05. The summed E-state index contributed by atoms with van der Waals surface area (Å²) in [5, 5.41) is 7.34. The first-order chi connectivity index (χ1) is 5.79. The van der Waals surface area contributed by atoms with Crippen molar-refractivity contribution in [1.29, 1.82) is 0 Å². The van der Waals surface area contributed by atoms with E-state index < -0.39 is 6.67 Å². The molecule has 0 aliphatic rings. The molecular weight excluding hydrogens is 155 g/mol. The molecule has 0 aromatic heterocycles. The van der Waals surface area contributed by atoms with Crippen LogP contribution < -0.4 is 0 Å². The van der Waals surface area contributed by atoms with Gasteiger partial charge in [-0.1, -0.05) is 24.8 Å². The van der Waals surface area contributed by atoms with Crippen molar-refractivity contribution in [3.8, 4) is 0 Å². The maximum Gasteiger partial charge on any atom is 0.117 e. The number of allylic oxidation sites excluding steroid dienone is 4. The molecule has 3 heteroatoms. The van der Waals surface area contributed by atoms with Gasteiger partial charge in [0.1, 0.15) is 6.67 Å². The normalized spacial score (nSPS) is 13.9. The lowest BCUT2D eigenvalue weighted by atomic mass is 10.2. The third-order valence-corrected chi connectivity index (χ3v) is 1.27. The summed E-state index contributed by atoms with van der Waals surface area (Å²) in [6.45, 7) is 4.72. The number of halogens is 1. The van der Waals surface area contributed by atoms with Crippen LogP contribution in [0.15, 0.2) is 46.3 Å². The van der Waals surface area contributed by atoms with E-state index in [1.807, 2.05) is 0 Å². The third kappa shape index (κ3) is 3.23. The SMILES string of the molecule is C=C/C=C(CF)\C(=C/C)N=NC. The maximum atomic E-state index is 12.3. The molecule has 2 nitrogen and oxygen atoms in total. The van der Waals surface area contributed by atoms with Crippen LogP contribution in [-0.4, -0.2) is 13.7 Å². The van der Waals surface area contributed by atoms with Crippen LogP contribution in [0.1, 0.15) is 6.92 Å². The first kappa shape index (κ1) is 10.8. The van der Waals surface area contributed by atoms with Crippen LogP contribution in [0.5, 0.6) is 0 Å².